The summed E-state index contributed by atoms with van der Waals surface area (Å²) in [5, 5.41) is -0.234. The van der Waals surface area contributed by atoms with Gasteiger partial charge in [-0.25, -0.2) is 18.2 Å². The average molecular weight is 449 g/mol. The first-order valence-electron chi connectivity index (χ1n) is 8.13. The second-order valence-electron chi connectivity index (χ2n) is 6.25. The molecule has 0 aliphatic heterocycles. The van der Waals surface area contributed by atoms with Crippen LogP contribution in [0.3, 0.4) is 0 Å². The highest BCUT2D eigenvalue weighted by atomic mass is 32.2. The summed E-state index contributed by atoms with van der Waals surface area (Å²) in [5.74, 6) is -3.60. The average Bonchev–Trinajstić information content (AvgIpc) is 2.68. The van der Waals surface area contributed by atoms with E-state index in [1.165, 1.54) is 0 Å². The van der Waals surface area contributed by atoms with Crippen LogP contribution in [0.2, 0.25) is 0 Å². The molecule has 0 bridgehead atoms. The highest BCUT2D eigenvalue weighted by molar-refractivity contribution is 7.91. The predicted molar refractivity (Wildman–Crippen MR) is 95.0 cm³/mol. The van der Waals surface area contributed by atoms with Gasteiger partial charge in [0.25, 0.3) is 5.56 Å². The van der Waals surface area contributed by atoms with Gasteiger partial charge in [-0.1, -0.05) is 12.1 Å². The second-order valence-corrected chi connectivity index (χ2v) is 8.17. The monoisotopic (exact) mass is 449 g/mol. The molecule has 3 rings (SSSR count). The first kappa shape index (κ1) is 21.6. The SMILES string of the molecule is Cn1c(=O)n(Cc2ccc(S(=O)(=O)C(F)F)cc2)c(=O)c2ccc(C(F)(F)F)nc21. The molecule has 0 radical (unpaired) electrons. The molecule has 0 aliphatic carbocycles. The van der Waals surface area contributed by atoms with Crippen molar-refractivity contribution in [1.82, 2.24) is 14.1 Å². The number of aromatic nitrogens is 3. The highest BCUT2D eigenvalue weighted by Gasteiger charge is 2.33. The molecule has 13 heteroatoms. The number of halogens is 5. The van der Waals surface area contributed by atoms with Crippen LogP contribution in [-0.4, -0.2) is 28.3 Å². The van der Waals surface area contributed by atoms with Crippen LogP contribution >= 0.6 is 0 Å². The number of benzene rings is 1. The molecule has 0 spiro atoms. The summed E-state index contributed by atoms with van der Waals surface area (Å²) in [6.45, 7) is -0.364. The first-order valence-corrected chi connectivity index (χ1v) is 9.67. The fourth-order valence-corrected chi connectivity index (χ4v) is 3.46. The van der Waals surface area contributed by atoms with Crippen molar-refractivity contribution < 1.29 is 30.4 Å². The van der Waals surface area contributed by atoms with Gasteiger partial charge in [-0.3, -0.25) is 13.9 Å². The Hall–Kier alpha value is -3.09. The van der Waals surface area contributed by atoms with E-state index in [9.17, 15) is 40.0 Å². The second kappa shape index (κ2) is 7.31. The van der Waals surface area contributed by atoms with Crippen LogP contribution in [0.25, 0.3) is 11.0 Å². The number of rotatable bonds is 4. The van der Waals surface area contributed by atoms with Crippen LogP contribution in [0.15, 0.2) is 50.9 Å². The lowest BCUT2D eigenvalue weighted by molar-refractivity contribution is -0.141. The van der Waals surface area contributed by atoms with Gasteiger partial charge in [0.2, 0.25) is 9.84 Å². The number of hydrogen-bond donors (Lipinski definition) is 0. The zero-order chi connectivity index (χ0) is 22.4. The van der Waals surface area contributed by atoms with Crippen LogP contribution in [0.1, 0.15) is 11.3 Å². The van der Waals surface area contributed by atoms with Gasteiger partial charge >= 0.3 is 17.6 Å². The van der Waals surface area contributed by atoms with E-state index in [-0.39, 0.29) is 17.5 Å². The third-order valence-electron chi connectivity index (χ3n) is 4.30. The minimum Gasteiger partial charge on any atom is -0.280 e. The van der Waals surface area contributed by atoms with Crippen LogP contribution < -0.4 is 11.2 Å². The van der Waals surface area contributed by atoms with E-state index in [2.05, 4.69) is 4.98 Å². The molecule has 0 N–H and O–H groups in total. The molecule has 1 aromatic carbocycles. The van der Waals surface area contributed by atoms with E-state index in [4.69, 9.17) is 0 Å². The molecule has 0 unspecified atom stereocenters. The molecule has 0 fully saturated rings. The zero-order valence-corrected chi connectivity index (χ0v) is 15.8. The molecule has 7 nitrogen and oxygen atoms in total. The minimum absolute atomic E-state index is 0.234. The van der Waals surface area contributed by atoms with Crippen molar-refractivity contribution in [2.24, 2.45) is 7.05 Å². The smallest absolute Gasteiger partial charge is 0.280 e. The Bertz CT molecular complexity index is 1340. The number of sulfone groups is 1. The van der Waals surface area contributed by atoms with Crippen LogP contribution in [0, 0.1) is 0 Å². The van der Waals surface area contributed by atoms with Crippen molar-refractivity contribution in [3.8, 4) is 0 Å². The van der Waals surface area contributed by atoms with E-state index in [1.807, 2.05) is 0 Å². The predicted octanol–water partition coefficient (Wildman–Crippen LogP) is 2.16. The summed E-state index contributed by atoms with van der Waals surface area (Å²) in [4.78, 5) is 27.8. The highest BCUT2D eigenvalue weighted by Crippen LogP contribution is 2.28. The van der Waals surface area contributed by atoms with Crippen LogP contribution in [0.4, 0.5) is 22.0 Å². The largest absolute Gasteiger partial charge is 0.433 e. The topological polar surface area (TPSA) is 91.0 Å². The Morgan fingerprint density at radius 1 is 1.03 bits per heavy atom. The maximum absolute atomic E-state index is 12.9. The Kier molecular flexibility index (Phi) is 5.26. The van der Waals surface area contributed by atoms with Gasteiger partial charge in [-0.05, 0) is 29.8 Å². The maximum Gasteiger partial charge on any atom is 0.433 e. The molecule has 160 valence electrons. The van der Waals surface area contributed by atoms with E-state index in [1.54, 1.807) is 0 Å². The first-order chi connectivity index (χ1) is 13.8. The number of aryl methyl sites for hydroxylation is 1. The van der Waals surface area contributed by atoms with Crippen molar-refractivity contribution in [2.75, 3.05) is 0 Å². The van der Waals surface area contributed by atoms with Crippen LogP contribution in [0.5, 0.6) is 0 Å². The molecule has 3 aromatic rings. The van der Waals surface area contributed by atoms with Gasteiger partial charge in [0.15, 0.2) is 0 Å². The molecule has 2 heterocycles. The number of fused-ring (bicyclic) bond motifs is 1. The summed E-state index contributed by atoms with van der Waals surface area (Å²) in [7, 11) is -3.66. The molecule has 0 saturated carbocycles. The fraction of sp³-hybridized carbons (Fsp3) is 0.235. The maximum atomic E-state index is 12.9. The molecule has 0 saturated heterocycles. The number of hydrogen-bond acceptors (Lipinski definition) is 5. The normalized spacial score (nSPS) is 12.6. The molecule has 2 aromatic heterocycles. The molecule has 30 heavy (non-hydrogen) atoms. The molecular weight excluding hydrogens is 437 g/mol. The van der Waals surface area contributed by atoms with Crippen molar-refractivity contribution >= 4 is 20.9 Å². The Morgan fingerprint density at radius 2 is 1.63 bits per heavy atom. The van der Waals surface area contributed by atoms with Gasteiger partial charge in [0.1, 0.15) is 11.3 Å². The minimum atomic E-state index is -4.80. The quantitative estimate of drug-likeness (QED) is 0.570. The van der Waals surface area contributed by atoms with E-state index in [0.717, 1.165) is 41.9 Å². The zero-order valence-electron chi connectivity index (χ0n) is 15.0. The van der Waals surface area contributed by atoms with Gasteiger partial charge < -0.3 is 0 Å². The van der Waals surface area contributed by atoms with E-state index < -0.39 is 49.3 Å². The third-order valence-corrected chi connectivity index (χ3v) is 5.70. The van der Waals surface area contributed by atoms with Crippen molar-refractivity contribution in [2.45, 2.75) is 23.4 Å². The summed E-state index contributed by atoms with van der Waals surface area (Å²) in [5.41, 5.74) is -3.34. The Balaban J connectivity index is 2.08. The third kappa shape index (κ3) is 3.72. The lowest BCUT2D eigenvalue weighted by Crippen LogP contribution is -2.39. The number of pyridine rings is 1. The van der Waals surface area contributed by atoms with Crippen molar-refractivity contribution in [3.63, 3.8) is 0 Å². The number of alkyl halides is 5. The van der Waals surface area contributed by atoms with Crippen molar-refractivity contribution in [3.05, 3.63) is 68.5 Å². The molecular formula is C17H12F5N3O4S. The summed E-state index contributed by atoms with van der Waals surface area (Å²) < 4.78 is 88.2. The van der Waals surface area contributed by atoms with Gasteiger partial charge in [-0.2, -0.15) is 22.0 Å². The van der Waals surface area contributed by atoms with Crippen LogP contribution in [-0.2, 0) is 29.6 Å². The number of nitrogens with zero attached hydrogens (tertiary/aromatic N) is 3. The van der Waals surface area contributed by atoms with Gasteiger partial charge in [-0.15, -0.1) is 0 Å². The Morgan fingerprint density at radius 3 is 2.17 bits per heavy atom. The molecule has 0 amide bonds. The van der Waals surface area contributed by atoms with Gasteiger partial charge in [0.05, 0.1) is 16.8 Å². The molecule has 0 atom stereocenters. The van der Waals surface area contributed by atoms with Gasteiger partial charge in [0, 0.05) is 7.05 Å². The fourth-order valence-electron chi connectivity index (χ4n) is 2.74. The Labute approximate surface area is 164 Å². The summed E-state index contributed by atoms with van der Waals surface area (Å²) in [6.07, 6.45) is -4.76. The lowest BCUT2D eigenvalue weighted by atomic mass is 10.2. The molecule has 0 aliphatic rings. The summed E-state index contributed by atoms with van der Waals surface area (Å²) in [6, 6.07) is 5.63. The summed E-state index contributed by atoms with van der Waals surface area (Å²) >= 11 is 0. The van der Waals surface area contributed by atoms with E-state index >= 15 is 0 Å². The van der Waals surface area contributed by atoms with E-state index in [0.29, 0.717) is 10.6 Å². The lowest BCUT2D eigenvalue weighted by Gasteiger charge is -2.12. The van der Waals surface area contributed by atoms with Crippen molar-refractivity contribution in [1.29, 1.82) is 0 Å². The standard InChI is InChI=1S/C17H12F5N3O4S/c1-24-13-11(6-7-12(23-13)17(20,21)22)14(26)25(16(24)27)8-9-2-4-10(5-3-9)30(28,29)15(18)19/h2-7,15H,8H2,1H3.